The molecule has 1 saturated heterocycles. The van der Waals surface area contributed by atoms with Crippen LogP contribution >= 0.6 is 0 Å². The molecule has 1 aliphatic rings. The smallest absolute Gasteiger partial charge is 0.306 e. The molecular weight excluding hydrogens is 232 g/mol. The van der Waals surface area contributed by atoms with Gasteiger partial charge in [-0.3, -0.25) is 4.79 Å². The number of aliphatic carboxylic acids is 1. The second-order valence-corrected chi connectivity index (χ2v) is 5.33. The van der Waals surface area contributed by atoms with Gasteiger partial charge in [0.25, 0.3) is 0 Å². The van der Waals surface area contributed by atoms with E-state index in [9.17, 15) is 4.79 Å². The molecule has 1 rings (SSSR count). The van der Waals surface area contributed by atoms with E-state index in [1.165, 1.54) is 0 Å². The van der Waals surface area contributed by atoms with E-state index in [0.29, 0.717) is 0 Å². The largest absolute Gasteiger partial charge is 0.481 e. The number of carbonyl (C=O) groups is 1. The van der Waals surface area contributed by atoms with Crippen LogP contribution in [-0.4, -0.2) is 22.8 Å². The number of hydrogen-bond donors (Lipinski definition) is 1. The Morgan fingerprint density at radius 1 is 1.39 bits per heavy atom. The summed E-state index contributed by atoms with van der Waals surface area (Å²) < 4.78 is 0. The molecule has 4 heteroatoms. The van der Waals surface area contributed by atoms with Crippen molar-refractivity contribution in [3.8, 4) is 0 Å². The lowest BCUT2D eigenvalue weighted by Gasteiger charge is -2.42. The molecule has 0 bridgehead atoms. The minimum absolute atomic E-state index is 0.0338. The molecule has 1 unspecified atom stereocenters. The maximum absolute atomic E-state index is 10.8. The fourth-order valence-corrected chi connectivity index (χ4v) is 2.69. The zero-order valence-electron chi connectivity index (χ0n) is 11.8. The van der Waals surface area contributed by atoms with Gasteiger partial charge in [-0.1, -0.05) is 40.0 Å². The second kappa shape index (κ2) is 7.10. The Balaban J connectivity index is 2.65. The monoisotopic (exact) mass is 258 g/mol. The normalized spacial score (nSPS) is 32.4. The van der Waals surface area contributed by atoms with Gasteiger partial charge in [-0.25, -0.2) is 9.78 Å². The first kappa shape index (κ1) is 15.4. The average Bonchev–Trinajstić information content (AvgIpc) is 2.37. The summed E-state index contributed by atoms with van der Waals surface area (Å²) in [6, 6.07) is 0. The minimum atomic E-state index is -0.820. The highest BCUT2D eigenvalue weighted by molar-refractivity contribution is 5.67. The summed E-state index contributed by atoms with van der Waals surface area (Å²) in [6.07, 6.45) is 5.77. The van der Waals surface area contributed by atoms with E-state index in [0.717, 1.165) is 38.5 Å². The summed E-state index contributed by atoms with van der Waals surface area (Å²) in [7, 11) is 0. The molecule has 0 aliphatic carbocycles. The van der Waals surface area contributed by atoms with Crippen LogP contribution < -0.4 is 0 Å². The standard InChI is InChI=1S/C14H26O4/c1-4-7-8-14(6-3)10-11(5-2)12(17-18-14)9-13(15)16/h11-12H,4-10H2,1-3H3,(H,15,16)/t11-,12+,14?/m1/s1. The third-order valence-corrected chi connectivity index (χ3v) is 4.04. The van der Waals surface area contributed by atoms with Gasteiger partial charge in [-0.2, -0.15) is 0 Å². The first-order valence-corrected chi connectivity index (χ1v) is 7.13. The molecule has 106 valence electrons. The van der Waals surface area contributed by atoms with Crippen LogP contribution in [0.2, 0.25) is 0 Å². The molecule has 18 heavy (non-hydrogen) atoms. The molecule has 0 aromatic heterocycles. The first-order valence-electron chi connectivity index (χ1n) is 7.13. The molecule has 1 fully saturated rings. The van der Waals surface area contributed by atoms with Gasteiger partial charge >= 0.3 is 5.97 Å². The molecule has 0 spiro atoms. The number of hydrogen-bond acceptors (Lipinski definition) is 3. The fourth-order valence-electron chi connectivity index (χ4n) is 2.69. The zero-order chi connectivity index (χ0) is 13.6. The van der Waals surface area contributed by atoms with Crippen molar-refractivity contribution in [2.24, 2.45) is 5.92 Å². The maximum Gasteiger partial charge on any atom is 0.306 e. The van der Waals surface area contributed by atoms with Gasteiger partial charge in [0.2, 0.25) is 0 Å². The van der Waals surface area contributed by atoms with Crippen molar-refractivity contribution >= 4 is 5.97 Å². The third kappa shape index (κ3) is 3.95. The fraction of sp³-hybridized carbons (Fsp3) is 0.929. The van der Waals surface area contributed by atoms with Gasteiger partial charge in [0.05, 0.1) is 6.42 Å². The predicted molar refractivity (Wildman–Crippen MR) is 69.2 cm³/mol. The molecule has 4 nitrogen and oxygen atoms in total. The van der Waals surface area contributed by atoms with Gasteiger partial charge in [0, 0.05) is 0 Å². The summed E-state index contributed by atoms with van der Waals surface area (Å²) in [4.78, 5) is 21.8. The van der Waals surface area contributed by atoms with Crippen LogP contribution in [-0.2, 0) is 14.6 Å². The lowest BCUT2D eigenvalue weighted by Crippen LogP contribution is -2.45. The molecule has 0 saturated carbocycles. The Kier molecular flexibility index (Phi) is 6.09. The van der Waals surface area contributed by atoms with Crippen LogP contribution in [0.5, 0.6) is 0 Å². The summed E-state index contributed by atoms with van der Waals surface area (Å²) in [5.41, 5.74) is -0.203. The van der Waals surface area contributed by atoms with Crippen LogP contribution in [0.1, 0.15) is 65.7 Å². The average molecular weight is 258 g/mol. The summed E-state index contributed by atoms with van der Waals surface area (Å²) in [5.74, 6) is -0.536. The molecule has 0 aromatic carbocycles. The molecule has 0 amide bonds. The highest BCUT2D eigenvalue weighted by Gasteiger charge is 2.42. The van der Waals surface area contributed by atoms with Crippen LogP contribution in [0.25, 0.3) is 0 Å². The quantitative estimate of drug-likeness (QED) is 0.709. The van der Waals surface area contributed by atoms with E-state index in [4.69, 9.17) is 14.9 Å². The van der Waals surface area contributed by atoms with E-state index >= 15 is 0 Å². The minimum Gasteiger partial charge on any atom is -0.481 e. The molecule has 1 heterocycles. The Hall–Kier alpha value is -0.610. The Labute approximate surface area is 110 Å². The molecule has 3 atom stereocenters. The van der Waals surface area contributed by atoms with Gasteiger partial charge in [-0.05, 0) is 25.2 Å². The van der Waals surface area contributed by atoms with Crippen LogP contribution in [0.3, 0.4) is 0 Å². The van der Waals surface area contributed by atoms with Crippen LogP contribution in [0, 0.1) is 5.92 Å². The SMILES string of the molecule is CCCCC1(CC)C[C@@H](CC)[C@H](CC(=O)O)OO1. The zero-order valence-corrected chi connectivity index (χ0v) is 11.8. The first-order chi connectivity index (χ1) is 8.56. The van der Waals surface area contributed by atoms with Gasteiger partial charge in [-0.15, -0.1) is 0 Å². The lowest BCUT2D eigenvalue weighted by atomic mass is 9.79. The highest BCUT2D eigenvalue weighted by atomic mass is 17.2. The summed E-state index contributed by atoms with van der Waals surface area (Å²) in [6.45, 7) is 6.37. The predicted octanol–water partition coefficient (Wildman–Crippen LogP) is 3.55. The molecule has 1 N–H and O–H groups in total. The van der Waals surface area contributed by atoms with Crippen molar-refractivity contribution in [2.45, 2.75) is 77.4 Å². The van der Waals surface area contributed by atoms with Gasteiger partial charge in [0.1, 0.15) is 11.7 Å². The topological polar surface area (TPSA) is 55.8 Å². The van der Waals surface area contributed by atoms with Crippen molar-refractivity contribution in [1.82, 2.24) is 0 Å². The van der Waals surface area contributed by atoms with E-state index in [-0.39, 0.29) is 24.0 Å². The van der Waals surface area contributed by atoms with Gasteiger partial charge in [0.15, 0.2) is 0 Å². The molecule has 1 aliphatic heterocycles. The van der Waals surface area contributed by atoms with Crippen LogP contribution in [0.15, 0.2) is 0 Å². The van der Waals surface area contributed by atoms with Crippen molar-refractivity contribution in [2.75, 3.05) is 0 Å². The molecule has 0 radical (unpaired) electrons. The third-order valence-electron chi connectivity index (χ3n) is 4.04. The summed E-state index contributed by atoms with van der Waals surface area (Å²) in [5, 5.41) is 8.87. The molecule has 0 aromatic rings. The summed E-state index contributed by atoms with van der Waals surface area (Å²) >= 11 is 0. The Bertz CT molecular complexity index is 267. The highest BCUT2D eigenvalue weighted by Crippen LogP contribution is 2.39. The van der Waals surface area contributed by atoms with Crippen LogP contribution in [0.4, 0.5) is 0 Å². The number of carboxylic acids is 1. The van der Waals surface area contributed by atoms with Crippen molar-refractivity contribution in [3.63, 3.8) is 0 Å². The van der Waals surface area contributed by atoms with Gasteiger partial charge < -0.3 is 5.11 Å². The van der Waals surface area contributed by atoms with E-state index < -0.39 is 5.97 Å². The number of unbranched alkanes of at least 4 members (excludes halogenated alkanes) is 1. The maximum atomic E-state index is 10.8. The van der Waals surface area contributed by atoms with Crippen molar-refractivity contribution in [1.29, 1.82) is 0 Å². The lowest BCUT2D eigenvalue weighted by molar-refractivity contribution is -0.423. The van der Waals surface area contributed by atoms with E-state index in [1.54, 1.807) is 0 Å². The van der Waals surface area contributed by atoms with E-state index in [1.807, 2.05) is 0 Å². The Morgan fingerprint density at radius 3 is 2.61 bits per heavy atom. The molecular formula is C14H26O4. The van der Waals surface area contributed by atoms with E-state index in [2.05, 4.69) is 20.8 Å². The van der Waals surface area contributed by atoms with Crippen molar-refractivity contribution in [3.05, 3.63) is 0 Å². The number of rotatable bonds is 7. The Morgan fingerprint density at radius 2 is 2.11 bits per heavy atom. The van der Waals surface area contributed by atoms with Crippen molar-refractivity contribution < 1.29 is 19.7 Å². The number of carboxylic acid groups (broad SMARTS) is 1. The second-order valence-electron chi connectivity index (χ2n) is 5.33.